The van der Waals surface area contributed by atoms with E-state index in [-0.39, 0.29) is 11.6 Å². The van der Waals surface area contributed by atoms with Crippen LogP contribution in [0.2, 0.25) is 0 Å². The highest BCUT2D eigenvalue weighted by atomic mass is 16.5. The predicted octanol–water partition coefficient (Wildman–Crippen LogP) is 3.23. The Kier molecular flexibility index (Phi) is 5.12. The molecule has 1 saturated carbocycles. The Hall–Kier alpha value is -2.69. The van der Waals surface area contributed by atoms with Crippen LogP contribution in [0.25, 0.3) is 0 Å². The third-order valence-electron chi connectivity index (χ3n) is 4.62. The first kappa shape index (κ1) is 17.1. The van der Waals surface area contributed by atoms with Crippen molar-refractivity contribution in [1.82, 2.24) is 10.6 Å². The molecule has 1 aliphatic carbocycles. The van der Waals surface area contributed by atoms with Gasteiger partial charge in [0.05, 0.1) is 19.8 Å². The first-order chi connectivity index (χ1) is 12.2. The van der Waals surface area contributed by atoms with Gasteiger partial charge in [0.25, 0.3) is 0 Å². The number of nitrogens with one attached hydrogen (secondary N) is 2. The summed E-state index contributed by atoms with van der Waals surface area (Å²) in [4.78, 5) is 12.3. The van der Waals surface area contributed by atoms with Crippen molar-refractivity contribution in [2.75, 3.05) is 20.8 Å². The molecule has 0 radical (unpaired) electrons. The molecule has 5 nitrogen and oxygen atoms in total. The van der Waals surface area contributed by atoms with Crippen molar-refractivity contribution < 1.29 is 14.3 Å². The van der Waals surface area contributed by atoms with Crippen LogP contribution in [0.1, 0.15) is 24.0 Å². The molecule has 0 bridgehead atoms. The second-order valence-corrected chi connectivity index (χ2v) is 6.25. The van der Waals surface area contributed by atoms with Crippen LogP contribution in [0.15, 0.2) is 48.5 Å². The van der Waals surface area contributed by atoms with E-state index >= 15 is 0 Å². The van der Waals surface area contributed by atoms with E-state index in [9.17, 15) is 4.79 Å². The van der Waals surface area contributed by atoms with Crippen LogP contribution in [0, 0.1) is 0 Å². The van der Waals surface area contributed by atoms with Gasteiger partial charge in [-0.25, -0.2) is 4.79 Å². The Labute approximate surface area is 148 Å². The summed E-state index contributed by atoms with van der Waals surface area (Å²) >= 11 is 0. The molecule has 1 fully saturated rings. The lowest BCUT2D eigenvalue weighted by Crippen LogP contribution is -2.42. The summed E-state index contributed by atoms with van der Waals surface area (Å²) in [6.45, 7) is 0.560. The molecule has 132 valence electrons. The van der Waals surface area contributed by atoms with Crippen LogP contribution >= 0.6 is 0 Å². The maximum atomic E-state index is 12.3. The van der Waals surface area contributed by atoms with Crippen molar-refractivity contribution in [3.05, 3.63) is 59.7 Å². The van der Waals surface area contributed by atoms with Crippen LogP contribution in [0.4, 0.5) is 4.79 Å². The minimum atomic E-state index is -0.235. The van der Waals surface area contributed by atoms with Crippen molar-refractivity contribution in [2.24, 2.45) is 0 Å². The number of benzene rings is 2. The molecule has 5 heteroatoms. The molecule has 0 aromatic heterocycles. The van der Waals surface area contributed by atoms with E-state index in [1.54, 1.807) is 14.2 Å². The molecule has 0 heterocycles. The third-order valence-corrected chi connectivity index (χ3v) is 4.62. The number of hydrogen-bond donors (Lipinski definition) is 2. The zero-order valence-electron chi connectivity index (χ0n) is 14.7. The molecule has 0 saturated heterocycles. The van der Waals surface area contributed by atoms with E-state index in [4.69, 9.17) is 9.47 Å². The number of para-hydroxylation sites is 1. The Morgan fingerprint density at radius 1 is 1.04 bits per heavy atom. The summed E-state index contributed by atoms with van der Waals surface area (Å²) in [5, 5.41) is 6.05. The van der Waals surface area contributed by atoms with Gasteiger partial charge in [-0.15, -0.1) is 0 Å². The van der Waals surface area contributed by atoms with E-state index in [1.165, 1.54) is 0 Å². The highest BCUT2D eigenvalue weighted by Gasteiger charge is 2.45. The molecule has 3 rings (SSSR count). The summed E-state index contributed by atoms with van der Waals surface area (Å²) in [6, 6.07) is 15.6. The van der Waals surface area contributed by atoms with Gasteiger partial charge in [-0.1, -0.05) is 30.3 Å². The number of methoxy groups -OCH3 is 2. The Morgan fingerprint density at radius 3 is 2.40 bits per heavy atom. The lowest BCUT2D eigenvalue weighted by atomic mass is 10.1. The molecule has 2 aromatic carbocycles. The summed E-state index contributed by atoms with van der Waals surface area (Å²) in [6.07, 6.45) is 2.64. The van der Waals surface area contributed by atoms with Gasteiger partial charge in [0.1, 0.15) is 11.5 Å². The molecule has 2 N–H and O–H groups in total. The van der Waals surface area contributed by atoms with Gasteiger partial charge in [0.15, 0.2) is 0 Å². The molecular weight excluding hydrogens is 316 g/mol. The third kappa shape index (κ3) is 4.05. The predicted molar refractivity (Wildman–Crippen MR) is 97.1 cm³/mol. The Morgan fingerprint density at radius 2 is 1.76 bits per heavy atom. The number of ether oxygens (including phenoxy) is 2. The molecule has 25 heavy (non-hydrogen) atoms. The Bertz CT molecular complexity index is 724. The summed E-state index contributed by atoms with van der Waals surface area (Å²) in [5.41, 5.74) is 1.97. The van der Waals surface area contributed by atoms with E-state index < -0.39 is 0 Å². The number of amides is 2. The average molecular weight is 340 g/mol. The zero-order chi connectivity index (χ0) is 17.7. The van der Waals surface area contributed by atoms with Crippen molar-refractivity contribution in [1.29, 1.82) is 0 Å². The van der Waals surface area contributed by atoms with Gasteiger partial charge in [-0.2, -0.15) is 0 Å². The number of urea groups is 1. The van der Waals surface area contributed by atoms with Crippen molar-refractivity contribution in [2.45, 2.75) is 24.8 Å². The van der Waals surface area contributed by atoms with Crippen molar-refractivity contribution >= 4 is 6.03 Å². The maximum absolute atomic E-state index is 12.3. The molecule has 1 aliphatic rings. The highest BCUT2D eigenvalue weighted by molar-refractivity contribution is 5.75. The average Bonchev–Trinajstić information content (AvgIpc) is 3.42. The van der Waals surface area contributed by atoms with Crippen LogP contribution in [-0.4, -0.2) is 26.8 Å². The number of carbonyl (C=O) groups is 1. The van der Waals surface area contributed by atoms with E-state index in [0.29, 0.717) is 6.54 Å². The van der Waals surface area contributed by atoms with E-state index in [1.807, 2.05) is 48.5 Å². The van der Waals surface area contributed by atoms with Gasteiger partial charge in [-0.3, -0.25) is 0 Å². The largest absolute Gasteiger partial charge is 0.497 e. The SMILES string of the molecule is COc1ccc(C2(NC(=O)NCCc3ccccc3OC)CC2)cc1. The van der Waals surface area contributed by atoms with Crippen LogP contribution in [-0.2, 0) is 12.0 Å². The van der Waals surface area contributed by atoms with Crippen LogP contribution in [0.5, 0.6) is 11.5 Å². The number of rotatable bonds is 7. The fraction of sp³-hybridized carbons (Fsp3) is 0.350. The Balaban J connectivity index is 1.52. The van der Waals surface area contributed by atoms with Gasteiger partial charge >= 0.3 is 6.03 Å². The summed E-state index contributed by atoms with van der Waals surface area (Å²) in [5.74, 6) is 1.67. The van der Waals surface area contributed by atoms with Gasteiger partial charge in [0.2, 0.25) is 0 Å². The molecule has 0 atom stereocenters. The fourth-order valence-electron chi connectivity index (χ4n) is 3.00. The lowest BCUT2D eigenvalue weighted by molar-refractivity contribution is 0.236. The first-order valence-corrected chi connectivity index (χ1v) is 8.49. The smallest absolute Gasteiger partial charge is 0.315 e. The standard InChI is InChI=1S/C20H24N2O3/c1-24-17-9-7-16(8-10-17)20(12-13-20)22-19(23)21-14-11-15-5-3-4-6-18(15)25-2/h3-10H,11-14H2,1-2H3,(H2,21,22,23). The van der Waals surface area contributed by atoms with Gasteiger partial charge in [0, 0.05) is 6.54 Å². The van der Waals surface area contributed by atoms with Gasteiger partial charge < -0.3 is 20.1 Å². The van der Waals surface area contributed by atoms with Gasteiger partial charge in [-0.05, 0) is 48.6 Å². The van der Waals surface area contributed by atoms with Crippen LogP contribution < -0.4 is 20.1 Å². The zero-order valence-corrected chi connectivity index (χ0v) is 14.7. The molecule has 0 spiro atoms. The van der Waals surface area contributed by atoms with E-state index in [2.05, 4.69) is 10.6 Å². The lowest BCUT2D eigenvalue weighted by Gasteiger charge is -2.19. The normalized spacial score (nSPS) is 14.5. The van der Waals surface area contributed by atoms with E-state index in [0.717, 1.165) is 41.9 Å². The molecule has 0 aliphatic heterocycles. The molecular formula is C20H24N2O3. The minimum Gasteiger partial charge on any atom is -0.497 e. The van der Waals surface area contributed by atoms with Crippen molar-refractivity contribution in [3.63, 3.8) is 0 Å². The molecule has 2 aromatic rings. The topological polar surface area (TPSA) is 59.6 Å². The molecule has 0 unspecified atom stereocenters. The maximum Gasteiger partial charge on any atom is 0.315 e. The number of carbonyl (C=O) groups excluding carboxylic acids is 1. The van der Waals surface area contributed by atoms with Crippen LogP contribution in [0.3, 0.4) is 0 Å². The second-order valence-electron chi connectivity index (χ2n) is 6.25. The monoisotopic (exact) mass is 340 g/mol. The summed E-state index contributed by atoms with van der Waals surface area (Å²) in [7, 11) is 3.31. The van der Waals surface area contributed by atoms with Crippen molar-refractivity contribution in [3.8, 4) is 11.5 Å². The first-order valence-electron chi connectivity index (χ1n) is 8.49. The minimum absolute atomic E-state index is 0.136. The number of hydrogen-bond acceptors (Lipinski definition) is 3. The quantitative estimate of drug-likeness (QED) is 0.813. The second kappa shape index (κ2) is 7.47. The summed E-state index contributed by atoms with van der Waals surface area (Å²) < 4.78 is 10.5. The molecule has 2 amide bonds. The fourth-order valence-corrected chi connectivity index (χ4v) is 3.00. The highest BCUT2D eigenvalue weighted by Crippen LogP contribution is 2.45.